The molecule has 2 aromatic rings. The van der Waals surface area contributed by atoms with Crippen molar-refractivity contribution in [2.24, 2.45) is 0 Å². The third-order valence-electron chi connectivity index (χ3n) is 5.17. The Morgan fingerprint density at radius 3 is 2.32 bits per heavy atom. The maximum absolute atomic E-state index is 12.6. The van der Waals surface area contributed by atoms with Crippen molar-refractivity contribution in [3.8, 4) is 0 Å². The zero-order valence-electron chi connectivity index (χ0n) is 20.1. The summed E-state index contributed by atoms with van der Waals surface area (Å²) in [5.41, 5.74) is 0.826. The van der Waals surface area contributed by atoms with Crippen molar-refractivity contribution < 1.29 is 42.2 Å². The van der Waals surface area contributed by atoms with Gasteiger partial charge in [0.25, 0.3) is 5.91 Å². The third-order valence-corrected chi connectivity index (χ3v) is 5.17. The number of amides is 3. The summed E-state index contributed by atoms with van der Waals surface area (Å²) < 4.78 is 42.7. The summed E-state index contributed by atoms with van der Waals surface area (Å²) in [4.78, 5) is 47.3. The number of carboxylic acids is 1. The molecule has 37 heavy (non-hydrogen) atoms. The maximum Gasteiger partial charge on any atom is 0.416 e. The molecule has 200 valence electrons. The molecule has 0 radical (unpaired) electrons. The van der Waals surface area contributed by atoms with Gasteiger partial charge in [-0.2, -0.15) is 13.2 Å². The molecule has 0 saturated heterocycles. The molecule has 0 saturated carbocycles. The Kier molecular flexibility index (Phi) is 10.9. The second-order valence-electron chi connectivity index (χ2n) is 8.20. The first-order valence-corrected chi connectivity index (χ1v) is 11.4. The van der Waals surface area contributed by atoms with Crippen LogP contribution >= 0.6 is 0 Å². The summed E-state index contributed by atoms with van der Waals surface area (Å²) in [5.74, 6) is -2.06. The molecule has 12 heteroatoms. The van der Waals surface area contributed by atoms with Gasteiger partial charge in [0.1, 0.15) is 12.6 Å². The lowest BCUT2D eigenvalue weighted by molar-refractivity contribution is -0.139. The van der Waals surface area contributed by atoms with Crippen molar-refractivity contribution in [3.63, 3.8) is 0 Å². The Balaban J connectivity index is 1.64. The van der Waals surface area contributed by atoms with E-state index in [0.717, 1.165) is 29.8 Å². The van der Waals surface area contributed by atoms with Crippen molar-refractivity contribution >= 4 is 23.9 Å². The largest absolute Gasteiger partial charge is 0.480 e. The number of carbonyl (C=O) groups is 4. The molecule has 9 nitrogen and oxygen atoms in total. The van der Waals surface area contributed by atoms with Gasteiger partial charge in [-0.05, 0) is 56.0 Å². The number of hydrogen-bond donors (Lipinski definition) is 4. The van der Waals surface area contributed by atoms with Gasteiger partial charge in [0.05, 0.1) is 12.1 Å². The highest BCUT2D eigenvalue weighted by Crippen LogP contribution is 2.29. The molecule has 0 heterocycles. The molecule has 0 unspecified atom stereocenters. The van der Waals surface area contributed by atoms with Crippen LogP contribution < -0.4 is 16.0 Å². The molecule has 2 rings (SSSR count). The lowest BCUT2D eigenvalue weighted by Crippen LogP contribution is -2.41. The van der Waals surface area contributed by atoms with Crippen LogP contribution in [-0.2, 0) is 27.1 Å². The molecule has 0 spiro atoms. The van der Waals surface area contributed by atoms with E-state index < -0.39 is 35.8 Å². The quantitative estimate of drug-likeness (QED) is 0.315. The maximum atomic E-state index is 12.6. The van der Waals surface area contributed by atoms with E-state index in [2.05, 4.69) is 16.0 Å². The number of benzene rings is 2. The minimum absolute atomic E-state index is 0.0602. The van der Waals surface area contributed by atoms with Crippen LogP contribution in [-0.4, -0.2) is 48.1 Å². The van der Waals surface area contributed by atoms with Gasteiger partial charge in [-0.3, -0.25) is 9.59 Å². The average molecular weight is 524 g/mol. The van der Waals surface area contributed by atoms with Crippen molar-refractivity contribution in [2.45, 2.75) is 45.0 Å². The highest BCUT2D eigenvalue weighted by atomic mass is 19.4. The number of alkyl halides is 3. The van der Waals surface area contributed by atoms with Gasteiger partial charge in [0.2, 0.25) is 5.91 Å². The molecular formula is C25H28F3N3O6. The first kappa shape index (κ1) is 29.1. The first-order valence-electron chi connectivity index (χ1n) is 11.4. The Morgan fingerprint density at radius 2 is 1.70 bits per heavy atom. The number of carboxylic acid groups (broad SMARTS) is 1. The lowest BCUT2D eigenvalue weighted by atomic mass is 10.1. The number of hydrogen-bond acceptors (Lipinski definition) is 5. The summed E-state index contributed by atoms with van der Waals surface area (Å²) in [5, 5.41) is 16.6. The Labute approximate surface area is 211 Å². The van der Waals surface area contributed by atoms with Crippen molar-refractivity contribution in [3.05, 3.63) is 70.8 Å². The molecule has 0 bridgehead atoms. The molecule has 0 aliphatic carbocycles. The third kappa shape index (κ3) is 10.6. The predicted molar refractivity (Wildman–Crippen MR) is 127 cm³/mol. The van der Waals surface area contributed by atoms with E-state index in [1.54, 1.807) is 18.2 Å². The summed E-state index contributed by atoms with van der Waals surface area (Å²) in [7, 11) is 0. The number of halogens is 3. The molecule has 3 amide bonds. The van der Waals surface area contributed by atoms with Gasteiger partial charge in [0, 0.05) is 12.1 Å². The van der Waals surface area contributed by atoms with E-state index in [1.807, 2.05) is 13.0 Å². The number of unbranched alkanes of at least 4 members (excludes halogenated alkanes) is 1. The van der Waals surface area contributed by atoms with Crippen LogP contribution in [0.1, 0.15) is 46.3 Å². The van der Waals surface area contributed by atoms with Crippen LogP contribution in [0.4, 0.5) is 18.0 Å². The fourth-order valence-electron chi connectivity index (χ4n) is 3.19. The highest BCUT2D eigenvalue weighted by molar-refractivity contribution is 5.96. The number of aryl methyl sites for hydroxylation is 1. The summed E-state index contributed by atoms with van der Waals surface area (Å²) in [6, 6.07) is 9.70. The monoisotopic (exact) mass is 523 g/mol. The standard InChI is InChI=1S/C25H28F3N3O6/c1-16-5-4-6-18(13-16)22(33)30-14-21(32)29-12-3-2-7-20(23(34)35)31-24(36)37-15-17-8-10-19(11-9-17)25(26,27)28/h4-6,8-11,13,20H,2-3,7,12,14-15H2,1H3,(H,29,32)(H,30,33)(H,31,36)(H,34,35)/t20-/m0/s1. The van der Waals surface area contributed by atoms with Gasteiger partial charge in [-0.25, -0.2) is 9.59 Å². The predicted octanol–water partition coefficient (Wildman–Crippen LogP) is 3.41. The Morgan fingerprint density at radius 1 is 1.00 bits per heavy atom. The van der Waals surface area contributed by atoms with Crippen LogP contribution in [0.25, 0.3) is 0 Å². The number of nitrogens with one attached hydrogen (secondary N) is 3. The van der Waals surface area contributed by atoms with Crippen LogP contribution in [0.2, 0.25) is 0 Å². The number of ether oxygens (including phenoxy) is 1. The summed E-state index contributed by atoms with van der Waals surface area (Å²) >= 11 is 0. The van der Waals surface area contributed by atoms with Gasteiger partial charge in [-0.15, -0.1) is 0 Å². The number of rotatable bonds is 12. The minimum atomic E-state index is -4.48. The van der Waals surface area contributed by atoms with Crippen LogP contribution in [0, 0.1) is 6.92 Å². The second-order valence-corrected chi connectivity index (χ2v) is 8.20. The summed E-state index contributed by atoms with van der Waals surface area (Å²) in [6.07, 6.45) is -4.67. The zero-order chi connectivity index (χ0) is 27.4. The lowest BCUT2D eigenvalue weighted by Gasteiger charge is -2.15. The van der Waals surface area contributed by atoms with Crippen molar-refractivity contribution in [2.75, 3.05) is 13.1 Å². The number of aliphatic carboxylic acids is 1. The summed E-state index contributed by atoms with van der Waals surface area (Å²) in [6.45, 7) is 1.55. The normalized spacial score (nSPS) is 11.8. The minimum Gasteiger partial charge on any atom is -0.480 e. The molecule has 0 aliphatic rings. The Bertz CT molecular complexity index is 1090. The van der Waals surface area contributed by atoms with E-state index in [0.29, 0.717) is 24.0 Å². The van der Waals surface area contributed by atoms with Gasteiger partial charge < -0.3 is 25.8 Å². The number of alkyl carbamates (subject to hydrolysis) is 1. The van der Waals surface area contributed by atoms with E-state index in [1.165, 1.54) is 0 Å². The van der Waals surface area contributed by atoms with Crippen LogP contribution in [0.15, 0.2) is 48.5 Å². The molecule has 4 N–H and O–H groups in total. The average Bonchev–Trinajstić information content (AvgIpc) is 2.84. The van der Waals surface area contributed by atoms with Gasteiger partial charge in [0.15, 0.2) is 0 Å². The second kappa shape index (κ2) is 13.9. The molecule has 0 aliphatic heterocycles. The molecule has 2 aromatic carbocycles. The first-order chi connectivity index (χ1) is 17.5. The highest BCUT2D eigenvalue weighted by Gasteiger charge is 2.30. The zero-order valence-corrected chi connectivity index (χ0v) is 20.1. The van der Waals surface area contributed by atoms with Gasteiger partial charge >= 0.3 is 18.2 Å². The molecular weight excluding hydrogens is 495 g/mol. The van der Waals surface area contributed by atoms with E-state index in [4.69, 9.17) is 4.74 Å². The molecule has 0 fully saturated rings. The van der Waals surface area contributed by atoms with Crippen molar-refractivity contribution in [1.29, 1.82) is 0 Å². The molecule has 0 aromatic heterocycles. The van der Waals surface area contributed by atoms with Crippen molar-refractivity contribution in [1.82, 2.24) is 16.0 Å². The van der Waals surface area contributed by atoms with Crippen LogP contribution in [0.5, 0.6) is 0 Å². The van der Waals surface area contributed by atoms with E-state index >= 15 is 0 Å². The SMILES string of the molecule is Cc1cccc(C(=O)NCC(=O)NCCCC[C@H](NC(=O)OCc2ccc(C(F)(F)F)cc2)C(=O)O)c1. The molecule has 1 atom stereocenters. The smallest absolute Gasteiger partial charge is 0.416 e. The topological polar surface area (TPSA) is 134 Å². The number of carbonyl (C=O) groups excluding carboxylic acids is 3. The van der Waals surface area contributed by atoms with E-state index in [9.17, 15) is 37.5 Å². The van der Waals surface area contributed by atoms with E-state index in [-0.39, 0.29) is 32.0 Å². The Hall–Kier alpha value is -4.09. The van der Waals surface area contributed by atoms with Gasteiger partial charge in [-0.1, -0.05) is 29.8 Å². The van der Waals surface area contributed by atoms with Crippen LogP contribution in [0.3, 0.4) is 0 Å². The fraction of sp³-hybridized carbons (Fsp3) is 0.360. The fourth-order valence-corrected chi connectivity index (χ4v) is 3.19.